The van der Waals surface area contributed by atoms with E-state index < -0.39 is 11.9 Å². The number of anilines is 1. The SMILES string of the molecule is CN1CC=C(OCc2ccccc2)C=C1C(=O)Nc1ccc(Br)cc1C(=O)O. The van der Waals surface area contributed by atoms with Crippen molar-refractivity contribution in [3.8, 4) is 0 Å². The summed E-state index contributed by atoms with van der Waals surface area (Å²) >= 11 is 3.24. The first-order chi connectivity index (χ1) is 13.4. The van der Waals surface area contributed by atoms with Crippen LogP contribution in [-0.4, -0.2) is 35.5 Å². The number of hydrogen-bond donors (Lipinski definition) is 2. The van der Waals surface area contributed by atoms with Crippen LogP contribution >= 0.6 is 15.9 Å². The van der Waals surface area contributed by atoms with Crippen LogP contribution in [0.4, 0.5) is 5.69 Å². The lowest BCUT2D eigenvalue weighted by Crippen LogP contribution is -2.31. The lowest BCUT2D eigenvalue weighted by molar-refractivity contribution is -0.114. The summed E-state index contributed by atoms with van der Waals surface area (Å²) in [6.45, 7) is 0.910. The molecule has 0 unspecified atom stereocenters. The number of carbonyl (C=O) groups is 2. The van der Waals surface area contributed by atoms with Gasteiger partial charge in [-0.15, -0.1) is 0 Å². The molecular weight excluding hydrogens is 424 g/mol. The van der Waals surface area contributed by atoms with Crippen molar-refractivity contribution in [1.29, 1.82) is 0 Å². The van der Waals surface area contributed by atoms with Crippen LogP contribution in [0.2, 0.25) is 0 Å². The van der Waals surface area contributed by atoms with Gasteiger partial charge in [0, 0.05) is 24.1 Å². The van der Waals surface area contributed by atoms with E-state index in [1.807, 2.05) is 36.4 Å². The van der Waals surface area contributed by atoms with E-state index in [-0.39, 0.29) is 11.3 Å². The normalized spacial score (nSPS) is 13.4. The number of amides is 1. The van der Waals surface area contributed by atoms with Gasteiger partial charge in [-0.1, -0.05) is 46.3 Å². The third-order valence-electron chi connectivity index (χ3n) is 4.20. The van der Waals surface area contributed by atoms with E-state index in [4.69, 9.17) is 4.74 Å². The van der Waals surface area contributed by atoms with Crippen LogP contribution in [0.3, 0.4) is 0 Å². The highest BCUT2D eigenvalue weighted by Crippen LogP contribution is 2.23. The number of hydrogen-bond acceptors (Lipinski definition) is 4. The Kier molecular flexibility index (Phi) is 6.16. The number of allylic oxidation sites excluding steroid dienone is 1. The fraction of sp³-hybridized carbons (Fsp3) is 0.143. The molecule has 2 aromatic carbocycles. The second-order valence-electron chi connectivity index (χ2n) is 6.24. The number of carboxylic acids is 1. The number of benzene rings is 2. The van der Waals surface area contributed by atoms with Crippen molar-refractivity contribution in [3.63, 3.8) is 0 Å². The van der Waals surface area contributed by atoms with Gasteiger partial charge >= 0.3 is 5.97 Å². The Hall–Kier alpha value is -3.06. The number of likely N-dealkylation sites (N-methyl/N-ethyl adjacent to an activating group) is 1. The summed E-state index contributed by atoms with van der Waals surface area (Å²) in [7, 11) is 1.79. The van der Waals surface area contributed by atoms with Crippen molar-refractivity contribution in [2.24, 2.45) is 0 Å². The van der Waals surface area contributed by atoms with Gasteiger partial charge in [0.05, 0.1) is 11.3 Å². The number of carbonyl (C=O) groups excluding carboxylic acids is 1. The van der Waals surface area contributed by atoms with E-state index in [2.05, 4.69) is 21.2 Å². The van der Waals surface area contributed by atoms with Crippen molar-refractivity contribution in [2.75, 3.05) is 18.9 Å². The van der Waals surface area contributed by atoms with Crippen molar-refractivity contribution >= 4 is 33.5 Å². The molecule has 0 atom stereocenters. The van der Waals surface area contributed by atoms with Crippen LogP contribution in [-0.2, 0) is 16.1 Å². The number of rotatable bonds is 6. The van der Waals surface area contributed by atoms with Crippen LogP contribution in [0, 0.1) is 0 Å². The Morgan fingerprint density at radius 2 is 1.96 bits per heavy atom. The number of nitrogens with one attached hydrogen (secondary N) is 1. The molecule has 1 heterocycles. The van der Waals surface area contributed by atoms with Crippen LogP contribution < -0.4 is 5.32 Å². The average molecular weight is 443 g/mol. The molecule has 0 aliphatic carbocycles. The standard InChI is InChI=1S/C21H19BrN2O4/c1-24-10-9-16(28-13-14-5-3-2-4-6-14)12-19(24)20(25)23-18-8-7-15(22)11-17(18)21(26)27/h2-9,11-12H,10,13H2,1H3,(H,23,25)(H,26,27). The van der Waals surface area contributed by atoms with Gasteiger partial charge in [0.25, 0.3) is 5.91 Å². The van der Waals surface area contributed by atoms with Crippen molar-refractivity contribution < 1.29 is 19.4 Å². The lowest BCUT2D eigenvalue weighted by atomic mass is 10.1. The summed E-state index contributed by atoms with van der Waals surface area (Å²) in [5.41, 5.74) is 1.67. The Balaban J connectivity index is 1.74. The Morgan fingerprint density at radius 1 is 1.21 bits per heavy atom. The summed E-state index contributed by atoms with van der Waals surface area (Å²) < 4.78 is 6.43. The molecule has 1 aliphatic heterocycles. The topological polar surface area (TPSA) is 78.9 Å². The molecule has 0 saturated heterocycles. The largest absolute Gasteiger partial charge is 0.489 e. The first-order valence-corrected chi connectivity index (χ1v) is 9.37. The summed E-state index contributed by atoms with van der Waals surface area (Å²) in [5.74, 6) is -0.919. The molecular formula is C21H19BrN2O4. The summed E-state index contributed by atoms with van der Waals surface area (Å²) in [4.78, 5) is 26.0. The maximum Gasteiger partial charge on any atom is 0.337 e. The molecule has 3 rings (SSSR count). The zero-order valence-electron chi connectivity index (χ0n) is 15.2. The van der Waals surface area contributed by atoms with Crippen LogP contribution in [0.15, 0.2) is 76.6 Å². The summed E-state index contributed by atoms with van der Waals surface area (Å²) in [5, 5.41) is 12.0. The van der Waals surface area contributed by atoms with Crippen molar-refractivity contribution in [2.45, 2.75) is 6.61 Å². The minimum Gasteiger partial charge on any atom is -0.489 e. The number of nitrogens with zero attached hydrogens (tertiary/aromatic N) is 1. The molecule has 1 aliphatic rings. The minimum atomic E-state index is -1.12. The molecule has 2 N–H and O–H groups in total. The molecule has 0 radical (unpaired) electrons. The molecule has 6 nitrogen and oxygen atoms in total. The van der Waals surface area contributed by atoms with Gasteiger partial charge < -0.3 is 20.1 Å². The van der Waals surface area contributed by atoms with Gasteiger partial charge in [0.2, 0.25) is 0 Å². The number of halogens is 1. The monoisotopic (exact) mass is 442 g/mol. The van der Waals surface area contributed by atoms with E-state index in [0.29, 0.717) is 29.1 Å². The molecule has 2 aromatic rings. The Bertz CT molecular complexity index is 954. The highest BCUT2D eigenvalue weighted by molar-refractivity contribution is 9.10. The van der Waals surface area contributed by atoms with Gasteiger partial charge in [-0.25, -0.2) is 4.79 Å². The zero-order chi connectivity index (χ0) is 20.1. The molecule has 0 saturated carbocycles. The quantitative estimate of drug-likeness (QED) is 0.706. The fourth-order valence-corrected chi connectivity index (χ4v) is 3.06. The molecule has 7 heteroatoms. The highest BCUT2D eigenvalue weighted by Gasteiger charge is 2.21. The van der Waals surface area contributed by atoms with Gasteiger partial charge in [-0.3, -0.25) is 4.79 Å². The second-order valence-corrected chi connectivity index (χ2v) is 7.16. The summed E-state index contributed by atoms with van der Waals surface area (Å²) in [6.07, 6.45) is 3.54. The molecule has 0 aromatic heterocycles. The molecule has 1 amide bonds. The maximum atomic E-state index is 12.7. The number of aromatic carboxylic acids is 1. The fourth-order valence-electron chi connectivity index (χ4n) is 2.70. The molecule has 28 heavy (non-hydrogen) atoms. The lowest BCUT2D eigenvalue weighted by Gasteiger charge is -2.25. The highest BCUT2D eigenvalue weighted by atomic mass is 79.9. The van der Waals surface area contributed by atoms with E-state index >= 15 is 0 Å². The van der Waals surface area contributed by atoms with E-state index in [9.17, 15) is 14.7 Å². The predicted octanol–water partition coefficient (Wildman–Crippen LogP) is 4.02. The van der Waals surface area contributed by atoms with Gasteiger partial charge in [0.1, 0.15) is 18.1 Å². The van der Waals surface area contributed by atoms with Gasteiger partial charge in [-0.05, 0) is 29.8 Å². The molecule has 144 valence electrons. The van der Waals surface area contributed by atoms with Crippen molar-refractivity contribution in [3.05, 3.63) is 87.7 Å². The number of carboxylic acid groups (broad SMARTS) is 1. The van der Waals surface area contributed by atoms with Crippen LogP contribution in [0.25, 0.3) is 0 Å². The zero-order valence-corrected chi connectivity index (χ0v) is 16.8. The van der Waals surface area contributed by atoms with E-state index in [0.717, 1.165) is 5.56 Å². The Labute approximate surface area is 171 Å². The smallest absolute Gasteiger partial charge is 0.337 e. The number of ether oxygens (including phenoxy) is 1. The van der Waals surface area contributed by atoms with E-state index in [1.165, 1.54) is 6.07 Å². The second kappa shape index (κ2) is 8.75. The average Bonchev–Trinajstić information content (AvgIpc) is 2.69. The third-order valence-corrected chi connectivity index (χ3v) is 4.69. The molecule has 0 spiro atoms. The first kappa shape index (κ1) is 19.7. The van der Waals surface area contributed by atoms with Gasteiger partial charge in [-0.2, -0.15) is 0 Å². The van der Waals surface area contributed by atoms with E-state index in [1.54, 1.807) is 30.2 Å². The van der Waals surface area contributed by atoms with Crippen LogP contribution in [0.5, 0.6) is 0 Å². The predicted molar refractivity (Wildman–Crippen MR) is 110 cm³/mol. The third kappa shape index (κ3) is 4.80. The summed E-state index contributed by atoms with van der Waals surface area (Å²) in [6, 6.07) is 14.4. The maximum absolute atomic E-state index is 12.7. The van der Waals surface area contributed by atoms with Crippen molar-refractivity contribution in [1.82, 2.24) is 4.90 Å². The first-order valence-electron chi connectivity index (χ1n) is 8.58. The van der Waals surface area contributed by atoms with Crippen LogP contribution in [0.1, 0.15) is 15.9 Å². The Morgan fingerprint density at radius 3 is 2.68 bits per heavy atom. The van der Waals surface area contributed by atoms with Gasteiger partial charge in [0.15, 0.2) is 0 Å². The minimum absolute atomic E-state index is 0.0119. The molecule has 0 bridgehead atoms. The molecule has 0 fully saturated rings.